The molecule has 5 nitrogen and oxygen atoms in total. The first-order valence-corrected chi connectivity index (χ1v) is 4.98. The molecular weight excluding hydrogens is 180 g/mol. The highest BCUT2D eigenvalue weighted by Crippen LogP contribution is 2.01. The Bertz CT molecular complexity index is 257. The molecule has 0 bridgehead atoms. The molecule has 1 aromatic rings. The van der Waals surface area contributed by atoms with Crippen molar-refractivity contribution in [2.45, 2.75) is 26.9 Å². The van der Waals surface area contributed by atoms with Crippen LogP contribution >= 0.6 is 0 Å². The molecule has 0 aliphatic rings. The van der Waals surface area contributed by atoms with E-state index in [4.69, 9.17) is 4.52 Å². The van der Waals surface area contributed by atoms with Crippen LogP contribution in [0.15, 0.2) is 4.52 Å². The van der Waals surface area contributed by atoms with Gasteiger partial charge >= 0.3 is 0 Å². The van der Waals surface area contributed by atoms with Gasteiger partial charge in [-0.15, -0.1) is 0 Å². The Kier molecular flexibility index (Phi) is 4.55. The highest BCUT2D eigenvalue weighted by atomic mass is 16.5. The summed E-state index contributed by atoms with van der Waals surface area (Å²) >= 11 is 0. The molecule has 0 aliphatic heterocycles. The fourth-order valence-corrected chi connectivity index (χ4v) is 1.22. The van der Waals surface area contributed by atoms with Crippen molar-refractivity contribution in [3.63, 3.8) is 0 Å². The van der Waals surface area contributed by atoms with Gasteiger partial charge in [-0.1, -0.05) is 19.0 Å². The quantitative estimate of drug-likeness (QED) is 0.726. The second-order valence-corrected chi connectivity index (χ2v) is 3.10. The number of aromatic nitrogens is 2. The first kappa shape index (κ1) is 11.1. The van der Waals surface area contributed by atoms with Crippen molar-refractivity contribution in [2.24, 2.45) is 0 Å². The lowest BCUT2D eigenvalue weighted by Gasteiger charge is -2.14. The van der Waals surface area contributed by atoms with Crippen LogP contribution in [-0.4, -0.2) is 35.2 Å². The van der Waals surface area contributed by atoms with E-state index in [0.29, 0.717) is 12.4 Å². The molecule has 0 spiro atoms. The van der Waals surface area contributed by atoms with Crippen LogP contribution in [0, 0.1) is 0 Å². The minimum atomic E-state index is 0.630. The Morgan fingerprint density at radius 3 is 2.64 bits per heavy atom. The van der Waals surface area contributed by atoms with E-state index in [9.17, 15) is 0 Å². The van der Waals surface area contributed by atoms with Crippen LogP contribution in [0.2, 0.25) is 0 Å². The zero-order valence-corrected chi connectivity index (χ0v) is 9.08. The van der Waals surface area contributed by atoms with Gasteiger partial charge in [-0.3, -0.25) is 4.90 Å². The highest BCUT2D eigenvalue weighted by molar-refractivity contribution is 4.85. The summed E-state index contributed by atoms with van der Waals surface area (Å²) in [5.41, 5.74) is 0. The van der Waals surface area contributed by atoms with E-state index >= 15 is 0 Å². The smallest absolute Gasteiger partial charge is 0.240 e. The standard InChI is InChI=1S/C9H18N4O/c1-4-13(5-2)7-8-11-9(6-10-3)14-12-8/h10H,4-7H2,1-3H3. The summed E-state index contributed by atoms with van der Waals surface area (Å²) in [7, 11) is 1.86. The number of nitrogens with one attached hydrogen (secondary N) is 1. The van der Waals surface area contributed by atoms with Crippen molar-refractivity contribution in [1.82, 2.24) is 20.4 Å². The zero-order chi connectivity index (χ0) is 10.4. The number of nitrogens with zero attached hydrogens (tertiary/aromatic N) is 3. The van der Waals surface area contributed by atoms with Crippen molar-refractivity contribution in [2.75, 3.05) is 20.1 Å². The topological polar surface area (TPSA) is 54.2 Å². The summed E-state index contributed by atoms with van der Waals surface area (Å²) in [4.78, 5) is 6.50. The van der Waals surface area contributed by atoms with Gasteiger partial charge in [-0.05, 0) is 20.1 Å². The molecule has 0 aliphatic carbocycles. The molecule has 0 saturated heterocycles. The largest absolute Gasteiger partial charge is 0.338 e. The van der Waals surface area contributed by atoms with Crippen molar-refractivity contribution in [3.8, 4) is 0 Å². The SMILES string of the molecule is CCN(CC)Cc1noc(CNC)n1. The molecule has 0 atom stereocenters. The predicted octanol–water partition coefficient (Wildman–Crippen LogP) is 0.631. The van der Waals surface area contributed by atoms with Gasteiger partial charge in [0.25, 0.3) is 0 Å². The zero-order valence-electron chi connectivity index (χ0n) is 9.08. The lowest BCUT2D eigenvalue weighted by molar-refractivity contribution is 0.280. The van der Waals surface area contributed by atoms with Gasteiger partial charge in [0.1, 0.15) is 0 Å². The summed E-state index contributed by atoms with van der Waals surface area (Å²) in [6.45, 7) is 7.65. The molecule has 1 rings (SSSR count). The van der Waals surface area contributed by atoms with Gasteiger partial charge in [0.05, 0.1) is 13.1 Å². The van der Waals surface area contributed by atoms with Crippen molar-refractivity contribution in [1.29, 1.82) is 0 Å². The number of hydrogen-bond donors (Lipinski definition) is 1. The number of hydrogen-bond acceptors (Lipinski definition) is 5. The summed E-state index contributed by atoms with van der Waals surface area (Å²) in [5, 5.41) is 6.87. The van der Waals surface area contributed by atoms with Gasteiger partial charge in [0, 0.05) is 0 Å². The maximum Gasteiger partial charge on any atom is 0.240 e. The van der Waals surface area contributed by atoms with Crippen LogP contribution in [0.3, 0.4) is 0 Å². The second kappa shape index (κ2) is 5.72. The van der Waals surface area contributed by atoms with Crippen LogP contribution in [0.4, 0.5) is 0 Å². The lowest BCUT2D eigenvalue weighted by Crippen LogP contribution is -2.22. The second-order valence-electron chi connectivity index (χ2n) is 3.10. The van der Waals surface area contributed by atoms with E-state index in [1.165, 1.54) is 0 Å². The lowest BCUT2D eigenvalue weighted by atomic mass is 10.4. The molecule has 0 unspecified atom stereocenters. The fraction of sp³-hybridized carbons (Fsp3) is 0.778. The molecule has 1 N–H and O–H groups in total. The maximum absolute atomic E-state index is 5.04. The van der Waals surface area contributed by atoms with E-state index < -0.39 is 0 Å². The molecule has 0 amide bonds. The van der Waals surface area contributed by atoms with Crippen LogP contribution in [0.5, 0.6) is 0 Å². The number of rotatable bonds is 6. The molecule has 0 saturated carbocycles. The third kappa shape index (κ3) is 3.08. The molecular formula is C9H18N4O. The average molecular weight is 198 g/mol. The van der Waals surface area contributed by atoms with Crippen LogP contribution in [0.25, 0.3) is 0 Å². The minimum Gasteiger partial charge on any atom is -0.338 e. The molecule has 0 fully saturated rings. The van der Waals surface area contributed by atoms with E-state index in [0.717, 1.165) is 25.5 Å². The maximum atomic E-state index is 5.04. The molecule has 5 heteroatoms. The molecule has 1 heterocycles. The third-order valence-electron chi connectivity index (χ3n) is 2.10. The third-order valence-corrected chi connectivity index (χ3v) is 2.10. The first-order chi connectivity index (χ1) is 6.80. The van der Waals surface area contributed by atoms with Crippen molar-refractivity contribution >= 4 is 0 Å². The first-order valence-electron chi connectivity index (χ1n) is 4.98. The molecule has 0 aromatic carbocycles. The summed E-state index contributed by atoms with van der Waals surface area (Å²) < 4.78 is 5.04. The average Bonchev–Trinajstić information content (AvgIpc) is 2.63. The van der Waals surface area contributed by atoms with Crippen LogP contribution < -0.4 is 5.32 Å². The van der Waals surface area contributed by atoms with Gasteiger partial charge in [0.15, 0.2) is 5.82 Å². The van der Waals surface area contributed by atoms with E-state index in [2.05, 4.69) is 34.2 Å². The van der Waals surface area contributed by atoms with Gasteiger partial charge in [-0.25, -0.2) is 0 Å². The monoisotopic (exact) mass is 198 g/mol. The predicted molar refractivity (Wildman–Crippen MR) is 53.7 cm³/mol. The molecule has 14 heavy (non-hydrogen) atoms. The Balaban J connectivity index is 2.49. The minimum absolute atomic E-state index is 0.630. The van der Waals surface area contributed by atoms with Gasteiger partial charge in [-0.2, -0.15) is 4.98 Å². The Morgan fingerprint density at radius 2 is 2.07 bits per heavy atom. The molecule has 1 aromatic heterocycles. The van der Waals surface area contributed by atoms with E-state index in [-0.39, 0.29) is 0 Å². The summed E-state index contributed by atoms with van der Waals surface area (Å²) in [5.74, 6) is 1.41. The fourth-order valence-electron chi connectivity index (χ4n) is 1.22. The van der Waals surface area contributed by atoms with Crippen molar-refractivity contribution in [3.05, 3.63) is 11.7 Å². The van der Waals surface area contributed by atoms with E-state index in [1.807, 2.05) is 7.05 Å². The highest BCUT2D eigenvalue weighted by Gasteiger charge is 2.08. The Morgan fingerprint density at radius 1 is 1.36 bits per heavy atom. The van der Waals surface area contributed by atoms with E-state index in [1.54, 1.807) is 0 Å². The Hall–Kier alpha value is -0.940. The van der Waals surface area contributed by atoms with Crippen LogP contribution in [-0.2, 0) is 13.1 Å². The van der Waals surface area contributed by atoms with Gasteiger partial charge in [0.2, 0.25) is 5.89 Å². The molecule has 80 valence electrons. The summed E-state index contributed by atoms with van der Waals surface area (Å²) in [6, 6.07) is 0. The molecule has 0 radical (unpaired) electrons. The van der Waals surface area contributed by atoms with Gasteiger partial charge < -0.3 is 9.84 Å². The Labute approximate surface area is 84.5 Å². The van der Waals surface area contributed by atoms with Crippen LogP contribution in [0.1, 0.15) is 25.6 Å². The van der Waals surface area contributed by atoms with Crippen molar-refractivity contribution < 1.29 is 4.52 Å². The summed E-state index contributed by atoms with van der Waals surface area (Å²) in [6.07, 6.45) is 0. The normalized spacial score (nSPS) is 11.1.